The van der Waals surface area contributed by atoms with Crippen LogP contribution in [0.5, 0.6) is 0 Å². The van der Waals surface area contributed by atoms with Gasteiger partial charge in [0.25, 0.3) is 0 Å². The highest BCUT2D eigenvalue weighted by Crippen LogP contribution is 2.03. The van der Waals surface area contributed by atoms with Crippen LogP contribution in [0.1, 0.15) is 19.8 Å². The predicted octanol–water partition coefficient (Wildman–Crippen LogP) is -0.329. The maximum Gasteiger partial charge on any atom is 0.243 e. The van der Waals surface area contributed by atoms with Gasteiger partial charge in [-0.3, -0.25) is 0 Å². The van der Waals surface area contributed by atoms with Crippen LogP contribution in [0.25, 0.3) is 0 Å². The molecule has 82 valence electrons. The number of nitrogens with zero attached hydrogens (tertiary/aromatic N) is 2. The summed E-state index contributed by atoms with van der Waals surface area (Å²) in [4.78, 5) is 22.9. The Morgan fingerprint density at radius 3 is 2.43 bits per heavy atom. The van der Waals surface area contributed by atoms with Gasteiger partial charge in [-0.25, -0.2) is 9.13 Å². The van der Waals surface area contributed by atoms with Gasteiger partial charge in [0.05, 0.1) is 22.2 Å². The molecule has 0 saturated heterocycles. The van der Waals surface area contributed by atoms with Crippen LogP contribution in [0.2, 0.25) is 0 Å². The van der Waals surface area contributed by atoms with E-state index in [1.807, 2.05) is 7.05 Å². The topological polar surface area (TPSA) is 72.3 Å². The number of hydrogen-bond acceptors (Lipinski definition) is 3. The smallest absolute Gasteiger partial charge is 0.243 e. The molecule has 1 aromatic heterocycles. The van der Waals surface area contributed by atoms with E-state index >= 15 is 0 Å². The van der Waals surface area contributed by atoms with Crippen molar-refractivity contribution in [2.24, 2.45) is 7.05 Å². The molecule has 0 spiro atoms. The minimum atomic E-state index is -2.87. The van der Waals surface area contributed by atoms with Gasteiger partial charge in [0.15, 0.2) is 0 Å². The van der Waals surface area contributed by atoms with E-state index in [2.05, 4.69) is 34.8 Å². The first-order valence-corrected chi connectivity index (χ1v) is 5.58. The SMILES string of the molecule is CCCCn1cc[n+](C)c1.[O-]P(O)O. The first-order valence-electron chi connectivity index (χ1n) is 4.42. The van der Waals surface area contributed by atoms with Crippen LogP contribution in [0.4, 0.5) is 0 Å². The summed E-state index contributed by atoms with van der Waals surface area (Å²) >= 11 is 0. The summed E-state index contributed by atoms with van der Waals surface area (Å²) in [6, 6.07) is 0. The van der Waals surface area contributed by atoms with E-state index < -0.39 is 8.60 Å². The second-order valence-corrected chi connectivity index (χ2v) is 3.43. The molecule has 0 bridgehead atoms. The fraction of sp³-hybridized carbons (Fsp3) is 0.625. The molecule has 6 heteroatoms. The molecule has 0 aliphatic rings. The molecule has 0 radical (unpaired) electrons. The van der Waals surface area contributed by atoms with Crippen molar-refractivity contribution in [2.75, 3.05) is 0 Å². The van der Waals surface area contributed by atoms with Crippen LogP contribution in [-0.2, 0) is 13.6 Å². The van der Waals surface area contributed by atoms with E-state index in [1.165, 1.54) is 12.8 Å². The second kappa shape index (κ2) is 7.88. The van der Waals surface area contributed by atoms with E-state index in [-0.39, 0.29) is 0 Å². The molecule has 0 aliphatic heterocycles. The fourth-order valence-electron chi connectivity index (χ4n) is 0.975. The van der Waals surface area contributed by atoms with E-state index in [0.29, 0.717) is 0 Å². The van der Waals surface area contributed by atoms with E-state index in [1.54, 1.807) is 0 Å². The van der Waals surface area contributed by atoms with Crippen molar-refractivity contribution in [3.8, 4) is 0 Å². The molecular formula is C8H17N2O3P. The summed E-state index contributed by atoms with van der Waals surface area (Å²) < 4.78 is 4.28. The Bertz CT molecular complexity index is 237. The molecule has 0 aromatic carbocycles. The normalized spacial score (nSPS) is 9.86. The van der Waals surface area contributed by atoms with Crippen LogP contribution in [0.3, 0.4) is 0 Å². The van der Waals surface area contributed by atoms with Crippen molar-refractivity contribution in [1.29, 1.82) is 0 Å². The molecule has 1 aromatic rings. The third-order valence-corrected chi connectivity index (χ3v) is 1.59. The van der Waals surface area contributed by atoms with Crippen LogP contribution < -0.4 is 9.46 Å². The van der Waals surface area contributed by atoms with Crippen molar-refractivity contribution in [1.82, 2.24) is 4.57 Å². The van der Waals surface area contributed by atoms with Gasteiger partial charge < -0.3 is 14.7 Å². The maximum absolute atomic E-state index is 8.70. The van der Waals surface area contributed by atoms with Gasteiger partial charge in [0.2, 0.25) is 6.33 Å². The van der Waals surface area contributed by atoms with E-state index in [4.69, 9.17) is 14.7 Å². The first-order chi connectivity index (χ1) is 6.56. The Balaban J connectivity index is 0.000000364. The van der Waals surface area contributed by atoms with Crippen molar-refractivity contribution < 1.29 is 19.2 Å². The molecule has 14 heavy (non-hydrogen) atoms. The first kappa shape index (κ1) is 13.5. The maximum atomic E-state index is 8.70. The zero-order valence-corrected chi connectivity index (χ0v) is 9.39. The van der Waals surface area contributed by atoms with Crippen LogP contribution in [0.15, 0.2) is 18.7 Å². The number of rotatable bonds is 3. The number of aromatic nitrogens is 2. The highest BCUT2D eigenvalue weighted by atomic mass is 31.2. The monoisotopic (exact) mass is 220 g/mol. The molecular weight excluding hydrogens is 203 g/mol. The third kappa shape index (κ3) is 8.13. The second-order valence-electron chi connectivity index (χ2n) is 2.92. The molecule has 0 unspecified atom stereocenters. The average molecular weight is 220 g/mol. The van der Waals surface area contributed by atoms with Crippen LogP contribution in [-0.4, -0.2) is 14.4 Å². The molecule has 2 N–H and O–H groups in total. The summed E-state index contributed by atoms with van der Waals surface area (Å²) in [5.41, 5.74) is 0. The fourth-order valence-corrected chi connectivity index (χ4v) is 0.975. The van der Waals surface area contributed by atoms with Gasteiger partial charge in [-0.05, 0) is 6.42 Å². The zero-order chi connectivity index (χ0) is 11.0. The largest absolute Gasteiger partial charge is 0.786 e. The lowest BCUT2D eigenvalue weighted by atomic mass is 10.3. The molecule has 0 amide bonds. The van der Waals surface area contributed by atoms with Crippen molar-refractivity contribution in [3.05, 3.63) is 18.7 Å². The highest BCUT2D eigenvalue weighted by Gasteiger charge is 1.96. The summed E-state index contributed by atoms with van der Waals surface area (Å²) in [5.74, 6) is 0. The molecule has 0 fully saturated rings. The number of hydrogen-bond donors (Lipinski definition) is 2. The minimum Gasteiger partial charge on any atom is -0.786 e. The van der Waals surface area contributed by atoms with Gasteiger partial charge in [-0.1, -0.05) is 13.3 Å². The van der Waals surface area contributed by atoms with Gasteiger partial charge >= 0.3 is 0 Å². The van der Waals surface area contributed by atoms with Gasteiger partial charge in [0.1, 0.15) is 12.4 Å². The highest BCUT2D eigenvalue weighted by molar-refractivity contribution is 7.36. The Morgan fingerprint density at radius 1 is 1.50 bits per heavy atom. The molecule has 1 rings (SSSR count). The molecule has 0 aliphatic carbocycles. The molecule has 1 heterocycles. The summed E-state index contributed by atoms with van der Waals surface area (Å²) in [7, 11) is -0.826. The van der Waals surface area contributed by atoms with Crippen LogP contribution in [0, 0.1) is 0 Å². The van der Waals surface area contributed by atoms with E-state index in [0.717, 1.165) is 6.54 Å². The summed E-state index contributed by atoms with van der Waals surface area (Å²) in [5, 5.41) is 0. The summed E-state index contributed by atoms with van der Waals surface area (Å²) in [6.45, 7) is 3.36. The molecule has 0 atom stereocenters. The quantitative estimate of drug-likeness (QED) is 0.541. The number of unbranched alkanes of at least 4 members (excludes halogenated alkanes) is 1. The van der Waals surface area contributed by atoms with Gasteiger partial charge in [0, 0.05) is 0 Å². The average Bonchev–Trinajstić information content (AvgIpc) is 2.47. The Morgan fingerprint density at radius 2 is 2.07 bits per heavy atom. The van der Waals surface area contributed by atoms with Crippen LogP contribution >= 0.6 is 8.60 Å². The standard InChI is InChI=1S/C8H15N2.H2O3P/c1-3-4-5-10-7-6-9(2)8-10;1-4(2)3/h6-8H,3-5H2,1-2H3;1-2H/q+1;-1. The summed E-state index contributed by atoms with van der Waals surface area (Å²) in [6.07, 6.45) is 8.82. The number of aryl methyl sites for hydroxylation is 2. The lowest BCUT2D eigenvalue weighted by molar-refractivity contribution is -0.671. The zero-order valence-electron chi connectivity index (χ0n) is 8.50. The minimum absolute atomic E-state index is 1.15. The lowest BCUT2D eigenvalue weighted by Gasteiger charge is -1.99. The van der Waals surface area contributed by atoms with Crippen molar-refractivity contribution >= 4 is 8.60 Å². The Hall–Kier alpha value is -0.480. The predicted molar refractivity (Wildman–Crippen MR) is 51.9 cm³/mol. The lowest BCUT2D eigenvalue weighted by Crippen LogP contribution is -2.23. The van der Waals surface area contributed by atoms with Gasteiger partial charge in [-0.2, -0.15) is 0 Å². The van der Waals surface area contributed by atoms with Crippen molar-refractivity contribution in [2.45, 2.75) is 26.3 Å². The van der Waals surface area contributed by atoms with Crippen molar-refractivity contribution in [3.63, 3.8) is 0 Å². The van der Waals surface area contributed by atoms with E-state index in [9.17, 15) is 0 Å². The third-order valence-electron chi connectivity index (χ3n) is 1.59. The molecule has 0 saturated carbocycles. The Labute approximate surface area is 85.3 Å². The Kier molecular flexibility index (Phi) is 7.61. The van der Waals surface area contributed by atoms with Gasteiger partial charge in [-0.15, -0.1) is 0 Å². The number of imidazole rings is 1. The molecule has 5 nitrogen and oxygen atoms in total.